The van der Waals surface area contributed by atoms with E-state index < -0.39 is 0 Å². The zero-order valence-electron chi connectivity index (χ0n) is 11.9. The Morgan fingerprint density at radius 3 is 2.76 bits per heavy atom. The topological polar surface area (TPSA) is 38.9 Å². The molecule has 1 aliphatic rings. The zero-order chi connectivity index (χ0) is 14.3. The molecule has 0 saturated carbocycles. The number of benzene rings is 2. The maximum atomic E-state index is 6.77. The third-order valence-electron chi connectivity index (χ3n) is 4.64. The van der Waals surface area contributed by atoms with E-state index in [0.29, 0.717) is 0 Å². The van der Waals surface area contributed by atoms with Crippen LogP contribution in [0.3, 0.4) is 0 Å². The zero-order valence-corrected chi connectivity index (χ0v) is 11.9. The standard InChI is InChI=1S/C19H18N2/c20-19(11-9-14-5-1-3-7-17(14)19)13-15-10-12-21-18-8-4-2-6-16(15)18/h1-8,10,12H,9,11,13,20H2. The number of aromatic nitrogens is 1. The number of hydrogen-bond acceptors (Lipinski definition) is 2. The van der Waals surface area contributed by atoms with Crippen molar-refractivity contribution in [2.75, 3.05) is 0 Å². The van der Waals surface area contributed by atoms with Gasteiger partial charge in [-0.1, -0.05) is 42.5 Å². The molecule has 0 aliphatic heterocycles. The van der Waals surface area contributed by atoms with Gasteiger partial charge in [-0.05, 0) is 48.1 Å². The van der Waals surface area contributed by atoms with Gasteiger partial charge in [0.2, 0.25) is 0 Å². The van der Waals surface area contributed by atoms with Gasteiger partial charge in [0.15, 0.2) is 0 Å². The lowest BCUT2D eigenvalue weighted by molar-refractivity contribution is 0.440. The van der Waals surface area contributed by atoms with Gasteiger partial charge in [-0.15, -0.1) is 0 Å². The maximum Gasteiger partial charge on any atom is 0.0704 e. The Morgan fingerprint density at radius 1 is 1.00 bits per heavy atom. The van der Waals surface area contributed by atoms with Gasteiger partial charge >= 0.3 is 0 Å². The van der Waals surface area contributed by atoms with Crippen LogP contribution >= 0.6 is 0 Å². The second-order valence-corrected chi connectivity index (χ2v) is 5.98. The molecule has 2 aromatic carbocycles. The van der Waals surface area contributed by atoms with Crippen LogP contribution in [0.15, 0.2) is 60.8 Å². The molecule has 4 rings (SSSR count). The lowest BCUT2D eigenvalue weighted by atomic mass is 9.85. The van der Waals surface area contributed by atoms with Crippen LogP contribution < -0.4 is 5.73 Å². The van der Waals surface area contributed by atoms with Crippen molar-refractivity contribution < 1.29 is 0 Å². The van der Waals surface area contributed by atoms with E-state index in [1.807, 2.05) is 12.3 Å². The molecular weight excluding hydrogens is 256 g/mol. The number of rotatable bonds is 2. The molecule has 1 heterocycles. The molecule has 2 N–H and O–H groups in total. The average molecular weight is 274 g/mol. The number of hydrogen-bond donors (Lipinski definition) is 1. The molecule has 2 nitrogen and oxygen atoms in total. The lowest BCUT2D eigenvalue weighted by Crippen LogP contribution is -2.36. The molecule has 2 heteroatoms. The molecule has 0 fully saturated rings. The van der Waals surface area contributed by atoms with Crippen molar-refractivity contribution in [1.82, 2.24) is 4.98 Å². The van der Waals surface area contributed by atoms with Gasteiger partial charge in [-0.25, -0.2) is 0 Å². The van der Waals surface area contributed by atoms with Gasteiger partial charge in [-0.2, -0.15) is 0 Å². The molecular formula is C19H18N2. The molecule has 1 unspecified atom stereocenters. The highest BCUT2D eigenvalue weighted by molar-refractivity contribution is 5.82. The van der Waals surface area contributed by atoms with E-state index in [2.05, 4.69) is 53.5 Å². The lowest BCUT2D eigenvalue weighted by Gasteiger charge is -2.26. The van der Waals surface area contributed by atoms with Gasteiger partial charge in [-0.3, -0.25) is 4.98 Å². The largest absolute Gasteiger partial charge is 0.321 e. The molecule has 1 aromatic heterocycles. The van der Waals surface area contributed by atoms with E-state index >= 15 is 0 Å². The summed E-state index contributed by atoms with van der Waals surface area (Å²) in [4.78, 5) is 4.44. The van der Waals surface area contributed by atoms with Crippen molar-refractivity contribution in [3.05, 3.63) is 77.5 Å². The summed E-state index contributed by atoms with van der Waals surface area (Å²) in [7, 11) is 0. The first kappa shape index (κ1) is 12.5. The molecule has 0 radical (unpaired) electrons. The summed E-state index contributed by atoms with van der Waals surface area (Å²) in [6.07, 6.45) is 4.85. The van der Waals surface area contributed by atoms with Crippen LogP contribution in [0.2, 0.25) is 0 Å². The van der Waals surface area contributed by atoms with E-state index in [0.717, 1.165) is 24.8 Å². The summed E-state index contributed by atoms with van der Waals surface area (Å²) in [5, 5.41) is 1.22. The van der Waals surface area contributed by atoms with E-state index in [1.54, 1.807) is 0 Å². The summed E-state index contributed by atoms with van der Waals surface area (Å²) in [5.41, 5.74) is 11.6. The Bertz CT molecular complexity index is 804. The van der Waals surface area contributed by atoms with Crippen LogP contribution in [0.1, 0.15) is 23.1 Å². The van der Waals surface area contributed by atoms with Gasteiger partial charge < -0.3 is 5.73 Å². The summed E-state index contributed by atoms with van der Waals surface area (Å²) in [6, 6.07) is 19.0. The highest BCUT2D eigenvalue weighted by atomic mass is 14.8. The Kier molecular flexibility index (Phi) is 2.79. The van der Waals surface area contributed by atoms with Crippen molar-refractivity contribution >= 4 is 10.9 Å². The minimum absolute atomic E-state index is 0.249. The summed E-state index contributed by atoms with van der Waals surface area (Å²) in [5.74, 6) is 0. The smallest absolute Gasteiger partial charge is 0.0704 e. The van der Waals surface area contributed by atoms with Crippen molar-refractivity contribution in [3.63, 3.8) is 0 Å². The third kappa shape index (κ3) is 2.03. The summed E-state index contributed by atoms with van der Waals surface area (Å²) in [6.45, 7) is 0. The van der Waals surface area contributed by atoms with E-state index in [1.165, 1.54) is 22.1 Å². The minimum Gasteiger partial charge on any atom is -0.321 e. The maximum absolute atomic E-state index is 6.77. The van der Waals surface area contributed by atoms with Gasteiger partial charge in [0.05, 0.1) is 5.52 Å². The molecule has 0 saturated heterocycles. The highest BCUT2D eigenvalue weighted by Crippen LogP contribution is 2.38. The van der Waals surface area contributed by atoms with E-state index in [-0.39, 0.29) is 5.54 Å². The molecule has 1 atom stereocenters. The molecule has 0 amide bonds. The third-order valence-corrected chi connectivity index (χ3v) is 4.64. The van der Waals surface area contributed by atoms with E-state index in [9.17, 15) is 0 Å². The van der Waals surface area contributed by atoms with Crippen LogP contribution in [0.4, 0.5) is 0 Å². The molecule has 104 valence electrons. The van der Waals surface area contributed by atoms with Crippen LogP contribution in [-0.2, 0) is 18.4 Å². The predicted molar refractivity (Wildman–Crippen MR) is 86.1 cm³/mol. The second kappa shape index (κ2) is 4.68. The summed E-state index contributed by atoms with van der Waals surface area (Å²) < 4.78 is 0. The molecule has 21 heavy (non-hydrogen) atoms. The molecule has 0 bridgehead atoms. The number of nitrogens with two attached hydrogens (primary N) is 1. The normalized spacial score (nSPS) is 20.6. The summed E-state index contributed by atoms with van der Waals surface area (Å²) >= 11 is 0. The number of para-hydroxylation sites is 1. The fraction of sp³-hybridized carbons (Fsp3) is 0.211. The Labute approximate surface area is 124 Å². The van der Waals surface area contributed by atoms with Crippen molar-refractivity contribution in [2.45, 2.75) is 24.8 Å². The Morgan fingerprint density at radius 2 is 1.81 bits per heavy atom. The van der Waals surface area contributed by atoms with Crippen molar-refractivity contribution in [1.29, 1.82) is 0 Å². The van der Waals surface area contributed by atoms with Gasteiger partial charge in [0.25, 0.3) is 0 Å². The first-order chi connectivity index (χ1) is 10.3. The van der Waals surface area contributed by atoms with Gasteiger partial charge in [0.1, 0.15) is 0 Å². The first-order valence-corrected chi connectivity index (χ1v) is 7.46. The highest BCUT2D eigenvalue weighted by Gasteiger charge is 2.34. The monoisotopic (exact) mass is 274 g/mol. The molecule has 3 aromatic rings. The van der Waals surface area contributed by atoms with Crippen molar-refractivity contribution in [3.8, 4) is 0 Å². The minimum atomic E-state index is -0.249. The fourth-order valence-corrected chi connectivity index (χ4v) is 3.55. The number of fused-ring (bicyclic) bond motifs is 2. The Hall–Kier alpha value is -2.19. The number of aryl methyl sites for hydroxylation is 1. The van der Waals surface area contributed by atoms with Crippen LogP contribution in [0, 0.1) is 0 Å². The van der Waals surface area contributed by atoms with E-state index in [4.69, 9.17) is 5.73 Å². The second-order valence-electron chi connectivity index (χ2n) is 5.98. The quantitative estimate of drug-likeness (QED) is 0.775. The SMILES string of the molecule is NC1(Cc2ccnc3ccccc23)CCc2ccccc21. The average Bonchev–Trinajstić information content (AvgIpc) is 2.86. The molecule has 1 aliphatic carbocycles. The van der Waals surface area contributed by atoms with Crippen LogP contribution in [0.5, 0.6) is 0 Å². The molecule has 0 spiro atoms. The van der Waals surface area contributed by atoms with Crippen LogP contribution in [0.25, 0.3) is 10.9 Å². The Balaban J connectivity index is 1.79. The predicted octanol–water partition coefficient (Wildman–Crippen LogP) is 3.58. The van der Waals surface area contributed by atoms with Crippen LogP contribution in [-0.4, -0.2) is 4.98 Å². The number of nitrogens with zero attached hydrogens (tertiary/aromatic N) is 1. The fourth-order valence-electron chi connectivity index (χ4n) is 3.55. The van der Waals surface area contributed by atoms with Crippen molar-refractivity contribution in [2.24, 2.45) is 5.73 Å². The number of pyridine rings is 1. The van der Waals surface area contributed by atoms with Gasteiger partial charge in [0, 0.05) is 17.1 Å². The first-order valence-electron chi connectivity index (χ1n) is 7.46.